The Hall–Kier alpha value is -2.15. The van der Waals surface area contributed by atoms with Gasteiger partial charge in [0.05, 0.1) is 6.61 Å². The molecular formula is C11H9NO3. The molecule has 0 saturated carbocycles. The van der Waals surface area contributed by atoms with Gasteiger partial charge in [0.15, 0.2) is 12.6 Å². The van der Waals surface area contributed by atoms with Crippen molar-refractivity contribution in [1.29, 1.82) is 5.26 Å². The molecular weight excluding hydrogens is 194 g/mol. The molecule has 76 valence electrons. The van der Waals surface area contributed by atoms with Crippen LogP contribution >= 0.6 is 0 Å². The van der Waals surface area contributed by atoms with Gasteiger partial charge >= 0.3 is 0 Å². The van der Waals surface area contributed by atoms with Gasteiger partial charge in [-0.2, -0.15) is 5.26 Å². The molecule has 1 rings (SSSR count). The van der Waals surface area contributed by atoms with Crippen molar-refractivity contribution in [1.82, 2.24) is 0 Å². The quantitative estimate of drug-likeness (QED) is 0.697. The van der Waals surface area contributed by atoms with Crippen LogP contribution in [0.3, 0.4) is 0 Å². The van der Waals surface area contributed by atoms with E-state index in [-0.39, 0.29) is 16.7 Å². The third-order valence-corrected chi connectivity index (χ3v) is 1.90. The Bertz CT molecular complexity index is 432. The third-order valence-electron chi connectivity index (χ3n) is 1.90. The summed E-state index contributed by atoms with van der Waals surface area (Å²) in [6.07, 6.45) is 1.03. The molecule has 0 bridgehead atoms. The van der Waals surface area contributed by atoms with Crippen molar-refractivity contribution in [3.8, 4) is 11.8 Å². The van der Waals surface area contributed by atoms with Gasteiger partial charge in [-0.1, -0.05) is 0 Å². The number of ether oxygens (including phenoxy) is 1. The Kier molecular flexibility index (Phi) is 3.58. The Labute approximate surface area is 87.1 Å². The summed E-state index contributed by atoms with van der Waals surface area (Å²) in [6.45, 7) is 2.17. The zero-order chi connectivity index (χ0) is 11.3. The highest BCUT2D eigenvalue weighted by Gasteiger charge is 2.12. The van der Waals surface area contributed by atoms with E-state index in [0.717, 1.165) is 0 Å². The maximum atomic E-state index is 10.8. The van der Waals surface area contributed by atoms with Gasteiger partial charge in [0, 0.05) is 11.1 Å². The van der Waals surface area contributed by atoms with E-state index in [4.69, 9.17) is 10.00 Å². The summed E-state index contributed by atoms with van der Waals surface area (Å²) in [4.78, 5) is 21.4. The van der Waals surface area contributed by atoms with Gasteiger partial charge in [-0.05, 0) is 19.1 Å². The Morgan fingerprint density at radius 1 is 1.40 bits per heavy atom. The van der Waals surface area contributed by atoms with E-state index in [0.29, 0.717) is 24.9 Å². The number of rotatable bonds is 4. The van der Waals surface area contributed by atoms with E-state index in [1.54, 1.807) is 6.92 Å². The number of nitrogens with zero attached hydrogens (tertiary/aromatic N) is 1. The predicted octanol–water partition coefficient (Wildman–Crippen LogP) is 1.58. The number of hydrogen-bond donors (Lipinski definition) is 0. The van der Waals surface area contributed by atoms with Crippen molar-refractivity contribution in [2.45, 2.75) is 6.92 Å². The average Bonchev–Trinajstić information content (AvgIpc) is 2.28. The first-order valence-corrected chi connectivity index (χ1v) is 4.38. The van der Waals surface area contributed by atoms with Crippen LogP contribution in [0.15, 0.2) is 12.1 Å². The lowest BCUT2D eigenvalue weighted by Gasteiger charge is -2.07. The van der Waals surface area contributed by atoms with Crippen LogP contribution in [0.5, 0.6) is 5.75 Å². The SMILES string of the molecule is CCOc1ccc(C=O)c(C=O)c1C#N. The van der Waals surface area contributed by atoms with E-state index in [2.05, 4.69) is 0 Å². The maximum absolute atomic E-state index is 10.8. The highest BCUT2D eigenvalue weighted by Crippen LogP contribution is 2.23. The molecule has 0 atom stereocenters. The fourth-order valence-electron chi connectivity index (χ4n) is 1.24. The topological polar surface area (TPSA) is 67.2 Å². The molecule has 15 heavy (non-hydrogen) atoms. The minimum atomic E-state index is 0.0819. The van der Waals surface area contributed by atoms with Gasteiger partial charge in [-0.3, -0.25) is 9.59 Å². The van der Waals surface area contributed by atoms with Crippen molar-refractivity contribution < 1.29 is 14.3 Å². The van der Waals surface area contributed by atoms with Crippen LogP contribution in [0.2, 0.25) is 0 Å². The first-order valence-electron chi connectivity index (χ1n) is 4.38. The van der Waals surface area contributed by atoms with Crippen LogP contribution in [0.4, 0.5) is 0 Å². The third kappa shape index (κ3) is 2.02. The van der Waals surface area contributed by atoms with Crippen LogP contribution in [0.25, 0.3) is 0 Å². The van der Waals surface area contributed by atoms with Crippen LogP contribution < -0.4 is 4.74 Å². The molecule has 0 aromatic heterocycles. The predicted molar refractivity (Wildman–Crippen MR) is 53.1 cm³/mol. The van der Waals surface area contributed by atoms with Crippen molar-refractivity contribution in [2.75, 3.05) is 6.61 Å². The molecule has 0 unspecified atom stereocenters. The number of nitriles is 1. The van der Waals surface area contributed by atoms with Gasteiger partial charge < -0.3 is 4.74 Å². The fraction of sp³-hybridized carbons (Fsp3) is 0.182. The van der Waals surface area contributed by atoms with E-state index < -0.39 is 0 Å². The molecule has 0 aliphatic rings. The molecule has 0 aliphatic carbocycles. The van der Waals surface area contributed by atoms with E-state index in [1.807, 2.05) is 6.07 Å². The summed E-state index contributed by atoms with van der Waals surface area (Å²) in [7, 11) is 0. The second-order valence-corrected chi connectivity index (χ2v) is 2.72. The van der Waals surface area contributed by atoms with E-state index in [1.165, 1.54) is 12.1 Å². The van der Waals surface area contributed by atoms with Crippen molar-refractivity contribution >= 4 is 12.6 Å². The standard InChI is InChI=1S/C11H9NO3/c1-2-15-11-4-3-8(6-13)10(7-14)9(11)5-12/h3-4,6-7H,2H2,1H3. The first-order chi connectivity index (χ1) is 7.28. The van der Waals surface area contributed by atoms with Crippen LogP contribution in [0.1, 0.15) is 33.2 Å². The molecule has 0 spiro atoms. The largest absolute Gasteiger partial charge is 0.492 e. The van der Waals surface area contributed by atoms with E-state index in [9.17, 15) is 9.59 Å². The van der Waals surface area contributed by atoms with Crippen molar-refractivity contribution in [2.24, 2.45) is 0 Å². The van der Waals surface area contributed by atoms with Gasteiger partial charge in [0.25, 0.3) is 0 Å². The zero-order valence-corrected chi connectivity index (χ0v) is 8.19. The summed E-state index contributed by atoms with van der Waals surface area (Å²) in [5.41, 5.74) is 0.389. The number of hydrogen-bond acceptors (Lipinski definition) is 4. The highest BCUT2D eigenvalue weighted by atomic mass is 16.5. The molecule has 0 radical (unpaired) electrons. The summed E-state index contributed by atoms with van der Waals surface area (Å²) < 4.78 is 5.17. The number of benzene rings is 1. The summed E-state index contributed by atoms with van der Waals surface area (Å²) >= 11 is 0. The monoisotopic (exact) mass is 203 g/mol. The molecule has 0 N–H and O–H groups in total. The summed E-state index contributed by atoms with van der Waals surface area (Å²) in [5.74, 6) is 0.327. The fourth-order valence-corrected chi connectivity index (χ4v) is 1.24. The molecule has 0 heterocycles. The van der Waals surface area contributed by atoms with Gasteiger partial charge in [-0.15, -0.1) is 0 Å². The Morgan fingerprint density at radius 3 is 2.60 bits per heavy atom. The molecule has 1 aromatic carbocycles. The van der Waals surface area contributed by atoms with E-state index >= 15 is 0 Å². The molecule has 4 nitrogen and oxygen atoms in total. The van der Waals surface area contributed by atoms with Gasteiger partial charge in [0.1, 0.15) is 17.4 Å². The minimum absolute atomic E-state index is 0.0819. The number of carbonyl (C=O) groups excluding carboxylic acids is 2. The Morgan fingerprint density at radius 2 is 2.13 bits per heavy atom. The maximum Gasteiger partial charge on any atom is 0.152 e. The van der Waals surface area contributed by atoms with Crippen molar-refractivity contribution in [3.63, 3.8) is 0 Å². The lowest BCUT2D eigenvalue weighted by molar-refractivity contribution is 0.109. The zero-order valence-electron chi connectivity index (χ0n) is 8.19. The summed E-state index contributed by atoms with van der Waals surface area (Å²) in [5, 5.41) is 8.87. The average molecular weight is 203 g/mol. The summed E-state index contributed by atoms with van der Waals surface area (Å²) in [6, 6.07) is 4.83. The lowest BCUT2D eigenvalue weighted by atomic mass is 10.0. The Balaban J connectivity index is 3.42. The lowest BCUT2D eigenvalue weighted by Crippen LogP contribution is -2.01. The second-order valence-electron chi connectivity index (χ2n) is 2.72. The second kappa shape index (κ2) is 4.91. The number of aldehydes is 2. The van der Waals surface area contributed by atoms with Gasteiger partial charge in [-0.25, -0.2) is 0 Å². The number of carbonyl (C=O) groups is 2. The molecule has 4 heteroatoms. The molecule has 0 saturated heterocycles. The highest BCUT2D eigenvalue weighted by molar-refractivity contribution is 5.93. The van der Waals surface area contributed by atoms with Crippen molar-refractivity contribution in [3.05, 3.63) is 28.8 Å². The molecule has 1 aromatic rings. The molecule has 0 fully saturated rings. The molecule has 0 amide bonds. The van der Waals surface area contributed by atoms with Crippen LogP contribution in [0, 0.1) is 11.3 Å². The molecule has 0 aliphatic heterocycles. The minimum Gasteiger partial charge on any atom is -0.492 e. The normalized spacial score (nSPS) is 9.07. The van der Waals surface area contributed by atoms with Crippen LogP contribution in [-0.2, 0) is 0 Å². The smallest absolute Gasteiger partial charge is 0.152 e. The van der Waals surface area contributed by atoms with Crippen LogP contribution in [-0.4, -0.2) is 19.2 Å². The first kappa shape index (κ1) is 10.9. The van der Waals surface area contributed by atoms with Gasteiger partial charge in [0.2, 0.25) is 0 Å².